The third-order valence-electron chi connectivity index (χ3n) is 4.90. The predicted octanol–water partition coefficient (Wildman–Crippen LogP) is 5.66. The van der Waals surface area contributed by atoms with Crippen LogP contribution in [0.1, 0.15) is 97.3 Å². The molecule has 0 aromatic heterocycles. The number of nitrogens with one attached hydrogen (secondary N) is 1. The van der Waals surface area contributed by atoms with Crippen molar-refractivity contribution >= 4 is 0 Å². The minimum atomic E-state index is 0.628. The zero-order chi connectivity index (χ0) is 15.2. The third-order valence-corrected chi connectivity index (χ3v) is 4.90. The lowest BCUT2D eigenvalue weighted by Gasteiger charge is -2.22. The van der Waals surface area contributed by atoms with Crippen LogP contribution < -0.4 is 5.32 Å². The van der Waals surface area contributed by atoms with Gasteiger partial charge in [0.25, 0.3) is 0 Å². The number of hydrogen-bond donors (Lipinski definition) is 1. The molecule has 21 heavy (non-hydrogen) atoms. The first-order valence-electron chi connectivity index (χ1n) is 9.69. The Labute approximate surface area is 133 Å². The summed E-state index contributed by atoms with van der Waals surface area (Å²) < 4.78 is 5.47. The lowest BCUT2D eigenvalue weighted by atomic mass is 9.90. The van der Waals surface area contributed by atoms with Crippen LogP contribution in [0.15, 0.2) is 0 Å². The fraction of sp³-hybridized carbons (Fsp3) is 1.00. The first kappa shape index (κ1) is 19.0. The zero-order valence-corrected chi connectivity index (χ0v) is 14.7. The largest absolute Gasteiger partial charge is 0.365 e. The van der Waals surface area contributed by atoms with E-state index in [9.17, 15) is 0 Å². The van der Waals surface area contributed by atoms with Gasteiger partial charge in [-0.05, 0) is 18.8 Å². The number of ether oxygens (including phenoxy) is 1. The van der Waals surface area contributed by atoms with Crippen molar-refractivity contribution in [2.24, 2.45) is 5.92 Å². The van der Waals surface area contributed by atoms with Crippen LogP contribution in [0.3, 0.4) is 0 Å². The quantitative estimate of drug-likeness (QED) is 0.418. The standard InChI is InChI=1S/C19H39NO/c1-3-5-6-7-8-9-10-11-12-13-15-18(14-4-2)19-16-21-17-20-19/h18-20H,3-17H2,1-2H3. The molecule has 126 valence electrons. The Morgan fingerprint density at radius 2 is 1.43 bits per heavy atom. The van der Waals surface area contributed by atoms with Crippen LogP contribution in [0.5, 0.6) is 0 Å². The molecule has 0 saturated carbocycles. The molecular weight excluding hydrogens is 258 g/mol. The fourth-order valence-electron chi connectivity index (χ4n) is 3.52. The van der Waals surface area contributed by atoms with E-state index in [1.165, 1.54) is 83.5 Å². The summed E-state index contributed by atoms with van der Waals surface area (Å²) in [6.07, 6.45) is 18.4. The normalized spacial score (nSPS) is 20.0. The Balaban J connectivity index is 1.91. The van der Waals surface area contributed by atoms with Gasteiger partial charge in [0.05, 0.1) is 13.3 Å². The van der Waals surface area contributed by atoms with Crippen LogP contribution in [0, 0.1) is 5.92 Å². The molecule has 1 saturated heterocycles. The summed E-state index contributed by atoms with van der Waals surface area (Å²) >= 11 is 0. The van der Waals surface area contributed by atoms with Gasteiger partial charge in [0.15, 0.2) is 0 Å². The third kappa shape index (κ3) is 9.52. The van der Waals surface area contributed by atoms with Crippen molar-refractivity contribution < 1.29 is 4.74 Å². The SMILES string of the molecule is CCCCCCCCCCCCC(CCC)C1COCN1. The van der Waals surface area contributed by atoms with E-state index in [4.69, 9.17) is 4.74 Å². The first-order valence-corrected chi connectivity index (χ1v) is 9.69. The maximum Gasteiger partial charge on any atom is 0.0969 e. The Morgan fingerprint density at radius 1 is 0.810 bits per heavy atom. The van der Waals surface area contributed by atoms with E-state index in [0.717, 1.165) is 19.3 Å². The van der Waals surface area contributed by atoms with Crippen LogP contribution >= 0.6 is 0 Å². The smallest absolute Gasteiger partial charge is 0.0969 e. The van der Waals surface area contributed by atoms with Gasteiger partial charge >= 0.3 is 0 Å². The lowest BCUT2D eigenvalue weighted by Crippen LogP contribution is -2.32. The monoisotopic (exact) mass is 297 g/mol. The van der Waals surface area contributed by atoms with Crippen molar-refractivity contribution in [3.63, 3.8) is 0 Å². The highest BCUT2D eigenvalue weighted by Crippen LogP contribution is 2.22. The van der Waals surface area contributed by atoms with Crippen LogP contribution in [-0.2, 0) is 4.74 Å². The van der Waals surface area contributed by atoms with Gasteiger partial charge in [0.1, 0.15) is 0 Å². The molecule has 0 spiro atoms. The zero-order valence-electron chi connectivity index (χ0n) is 14.7. The highest BCUT2D eigenvalue weighted by atomic mass is 16.5. The second-order valence-electron chi connectivity index (χ2n) is 6.85. The van der Waals surface area contributed by atoms with Crippen molar-refractivity contribution in [2.45, 2.75) is 103 Å². The van der Waals surface area contributed by atoms with Crippen molar-refractivity contribution in [2.75, 3.05) is 13.3 Å². The average Bonchev–Trinajstić information content (AvgIpc) is 3.02. The van der Waals surface area contributed by atoms with Crippen LogP contribution in [0.25, 0.3) is 0 Å². The van der Waals surface area contributed by atoms with E-state index in [1.807, 2.05) is 0 Å². The Hall–Kier alpha value is -0.0800. The average molecular weight is 298 g/mol. The molecule has 0 radical (unpaired) electrons. The van der Waals surface area contributed by atoms with E-state index in [0.29, 0.717) is 6.04 Å². The van der Waals surface area contributed by atoms with Crippen molar-refractivity contribution in [1.29, 1.82) is 0 Å². The maximum atomic E-state index is 5.47. The number of hydrogen-bond acceptors (Lipinski definition) is 2. The van der Waals surface area contributed by atoms with Gasteiger partial charge in [-0.15, -0.1) is 0 Å². The van der Waals surface area contributed by atoms with E-state index in [1.54, 1.807) is 0 Å². The van der Waals surface area contributed by atoms with Crippen LogP contribution in [-0.4, -0.2) is 19.4 Å². The molecule has 1 fully saturated rings. The summed E-state index contributed by atoms with van der Waals surface area (Å²) in [6, 6.07) is 0.628. The number of unbranched alkanes of at least 4 members (excludes halogenated alkanes) is 9. The molecule has 0 aromatic rings. The summed E-state index contributed by atoms with van der Waals surface area (Å²) in [5.74, 6) is 0.839. The van der Waals surface area contributed by atoms with Gasteiger partial charge < -0.3 is 4.74 Å². The number of rotatable bonds is 14. The van der Waals surface area contributed by atoms with Gasteiger partial charge in [0, 0.05) is 6.04 Å². The van der Waals surface area contributed by atoms with Gasteiger partial charge in [-0.3, -0.25) is 5.32 Å². The molecule has 2 nitrogen and oxygen atoms in total. The van der Waals surface area contributed by atoms with Gasteiger partial charge in [-0.2, -0.15) is 0 Å². The topological polar surface area (TPSA) is 21.3 Å². The van der Waals surface area contributed by atoms with E-state index in [2.05, 4.69) is 19.2 Å². The summed E-state index contributed by atoms with van der Waals surface area (Å²) in [6.45, 7) is 6.30. The predicted molar refractivity (Wildman–Crippen MR) is 92.6 cm³/mol. The Bertz CT molecular complexity index is 214. The summed E-state index contributed by atoms with van der Waals surface area (Å²) in [5.41, 5.74) is 0. The second-order valence-corrected chi connectivity index (χ2v) is 6.85. The van der Waals surface area contributed by atoms with Crippen molar-refractivity contribution in [1.82, 2.24) is 5.32 Å². The molecule has 0 aliphatic carbocycles. The van der Waals surface area contributed by atoms with Crippen molar-refractivity contribution in [3.05, 3.63) is 0 Å². The molecule has 1 aliphatic rings. The first-order chi connectivity index (χ1) is 10.4. The molecule has 0 bridgehead atoms. The molecule has 1 heterocycles. The van der Waals surface area contributed by atoms with Gasteiger partial charge in [0.2, 0.25) is 0 Å². The van der Waals surface area contributed by atoms with Gasteiger partial charge in [-0.25, -0.2) is 0 Å². The lowest BCUT2D eigenvalue weighted by molar-refractivity contribution is 0.181. The van der Waals surface area contributed by atoms with Crippen molar-refractivity contribution in [3.8, 4) is 0 Å². The molecule has 2 atom stereocenters. The molecule has 1 rings (SSSR count). The summed E-state index contributed by atoms with van der Waals surface area (Å²) in [5, 5.41) is 3.50. The Kier molecular flexibility index (Phi) is 12.3. The molecule has 2 unspecified atom stereocenters. The molecule has 0 amide bonds. The maximum absolute atomic E-state index is 5.47. The van der Waals surface area contributed by atoms with E-state index in [-0.39, 0.29) is 0 Å². The highest BCUT2D eigenvalue weighted by molar-refractivity contribution is 4.78. The summed E-state index contributed by atoms with van der Waals surface area (Å²) in [7, 11) is 0. The van der Waals surface area contributed by atoms with Crippen LogP contribution in [0.2, 0.25) is 0 Å². The second kappa shape index (κ2) is 13.6. The fourth-order valence-corrected chi connectivity index (χ4v) is 3.52. The van der Waals surface area contributed by atoms with Gasteiger partial charge in [-0.1, -0.05) is 84.5 Å². The molecule has 2 heteroatoms. The molecule has 1 N–H and O–H groups in total. The minimum Gasteiger partial charge on any atom is -0.365 e. The highest BCUT2D eigenvalue weighted by Gasteiger charge is 2.23. The minimum absolute atomic E-state index is 0.628. The van der Waals surface area contributed by atoms with E-state index >= 15 is 0 Å². The van der Waals surface area contributed by atoms with E-state index < -0.39 is 0 Å². The molecule has 0 aromatic carbocycles. The summed E-state index contributed by atoms with van der Waals surface area (Å²) in [4.78, 5) is 0. The van der Waals surface area contributed by atoms with Crippen LogP contribution in [0.4, 0.5) is 0 Å². The molecular formula is C19H39NO. The Morgan fingerprint density at radius 3 is 1.95 bits per heavy atom. The molecule has 1 aliphatic heterocycles.